The van der Waals surface area contributed by atoms with E-state index < -0.39 is 0 Å². The number of anilines is 1. The SMILES string of the molecule is Cc1ccc(NC(=O)c2cc(C)nc(C)n2)c(Br)c1. The second kappa shape index (κ2) is 5.48. The molecule has 0 bridgehead atoms. The van der Waals surface area contributed by atoms with Gasteiger partial charge in [0.15, 0.2) is 0 Å². The molecule has 2 aromatic rings. The summed E-state index contributed by atoms with van der Waals surface area (Å²) in [6.07, 6.45) is 0. The van der Waals surface area contributed by atoms with Crippen molar-refractivity contribution in [3.05, 3.63) is 51.5 Å². The van der Waals surface area contributed by atoms with Crippen molar-refractivity contribution in [3.63, 3.8) is 0 Å². The number of amides is 1. The Morgan fingerprint density at radius 1 is 1.16 bits per heavy atom. The van der Waals surface area contributed by atoms with Crippen LogP contribution < -0.4 is 5.32 Å². The lowest BCUT2D eigenvalue weighted by molar-refractivity contribution is 0.102. The van der Waals surface area contributed by atoms with Crippen LogP contribution in [0.3, 0.4) is 0 Å². The van der Waals surface area contributed by atoms with Gasteiger partial charge in [-0.15, -0.1) is 0 Å². The minimum Gasteiger partial charge on any atom is -0.320 e. The van der Waals surface area contributed by atoms with Gasteiger partial charge in [-0.2, -0.15) is 0 Å². The minimum atomic E-state index is -0.238. The monoisotopic (exact) mass is 319 g/mol. The van der Waals surface area contributed by atoms with Crippen molar-refractivity contribution >= 4 is 27.5 Å². The lowest BCUT2D eigenvalue weighted by Gasteiger charge is -2.08. The molecule has 4 nitrogen and oxygen atoms in total. The zero-order chi connectivity index (χ0) is 14.0. The first kappa shape index (κ1) is 13.7. The van der Waals surface area contributed by atoms with Gasteiger partial charge in [-0.05, 0) is 60.5 Å². The summed E-state index contributed by atoms with van der Waals surface area (Å²) < 4.78 is 0.850. The van der Waals surface area contributed by atoms with Crippen molar-refractivity contribution < 1.29 is 4.79 Å². The quantitative estimate of drug-likeness (QED) is 0.922. The van der Waals surface area contributed by atoms with E-state index in [1.165, 1.54) is 0 Å². The smallest absolute Gasteiger partial charge is 0.274 e. The average molecular weight is 320 g/mol. The minimum absolute atomic E-state index is 0.238. The zero-order valence-electron chi connectivity index (χ0n) is 11.0. The number of halogens is 1. The van der Waals surface area contributed by atoms with Crippen LogP contribution in [0.25, 0.3) is 0 Å². The molecule has 0 aliphatic carbocycles. The van der Waals surface area contributed by atoms with E-state index in [9.17, 15) is 4.79 Å². The van der Waals surface area contributed by atoms with Crippen molar-refractivity contribution in [2.24, 2.45) is 0 Å². The Morgan fingerprint density at radius 2 is 1.89 bits per heavy atom. The van der Waals surface area contributed by atoms with Gasteiger partial charge < -0.3 is 5.32 Å². The van der Waals surface area contributed by atoms with Crippen LogP contribution in [0.1, 0.15) is 27.6 Å². The highest BCUT2D eigenvalue weighted by Crippen LogP contribution is 2.23. The van der Waals surface area contributed by atoms with Gasteiger partial charge in [0.2, 0.25) is 0 Å². The van der Waals surface area contributed by atoms with Crippen LogP contribution in [-0.2, 0) is 0 Å². The predicted molar refractivity (Wildman–Crippen MR) is 78.3 cm³/mol. The lowest BCUT2D eigenvalue weighted by Crippen LogP contribution is -2.15. The summed E-state index contributed by atoms with van der Waals surface area (Å²) in [5.41, 5.74) is 3.00. The number of nitrogens with zero attached hydrogens (tertiary/aromatic N) is 2. The van der Waals surface area contributed by atoms with E-state index in [1.807, 2.05) is 32.0 Å². The molecular weight excluding hydrogens is 306 g/mol. The van der Waals surface area contributed by atoms with Crippen LogP contribution in [0.5, 0.6) is 0 Å². The van der Waals surface area contributed by atoms with Gasteiger partial charge in [-0.25, -0.2) is 9.97 Å². The number of aryl methyl sites for hydroxylation is 3. The molecule has 0 radical (unpaired) electrons. The Bertz CT molecular complexity index is 620. The standard InChI is InChI=1S/C14H14BrN3O/c1-8-4-5-12(11(15)6-8)18-14(19)13-7-9(2)16-10(3)17-13/h4-7H,1-3H3,(H,18,19). The van der Waals surface area contributed by atoms with Gasteiger partial charge in [0.1, 0.15) is 11.5 Å². The number of aromatic nitrogens is 2. The number of hydrogen-bond donors (Lipinski definition) is 1. The molecule has 1 heterocycles. The van der Waals surface area contributed by atoms with E-state index in [4.69, 9.17) is 0 Å². The van der Waals surface area contributed by atoms with Crippen LogP contribution in [-0.4, -0.2) is 15.9 Å². The summed E-state index contributed by atoms with van der Waals surface area (Å²) in [7, 11) is 0. The maximum atomic E-state index is 12.1. The number of hydrogen-bond acceptors (Lipinski definition) is 3. The summed E-state index contributed by atoms with van der Waals surface area (Å²) in [5.74, 6) is 0.353. The molecule has 0 atom stereocenters. The molecule has 0 fully saturated rings. The van der Waals surface area contributed by atoms with Crippen LogP contribution in [0, 0.1) is 20.8 Å². The van der Waals surface area contributed by atoms with Crippen molar-refractivity contribution in [2.75, 3.05) is 5.32 Å². The Kier molecular flexibility index (Phi) is 3.95. The van der Waals surface area contributed by atoms with Crippen LogP contribution in [0.2, 0.25) is 0 Å². The molecule has 0 saturated carbocycles. The van der Waals surface area contributed by atoms with Gasteiger partial charge in [0, 0.05) is 10.2 Å². The van der Waals surface area contributed by atoms with E-state index >= 15 is 0 Å². The molecule has 1 amide bonds. The van der Waals surface area contributed by atoms with Crippen molar-refractivity contribution in [2.45, 2.75) is 20.8 Å². The molecule has 2 rings (SSSR count). The molecule has 0 saturated heterocycles. The number of carbonyl (C=O) groups is 1. The molecular formula is C14H14BrN3O. The third-order valence-electron chi connectivity index (χ3n) is 2.57. The van der Waals surface area contributed by atoms with E-state index in [0.717, 1.165) is 21.4 Å². The van der Waals surface area contributed by atoms with Gasteiger partial charge in [-0.3, -0.25) is 4.79 Å². The molecule has 0 unspecified atom stereocenters. The van der Waals surface area contributed by atoms with Crippen molar-refractivity contribution in [1.29, 1.82) is 0 Å². The molecule has 5 heteroatoms. The maximum Gasteiger partial charge on any atom is 0.274 e. The van der Waals surface area contributed by atoms with E-state index in [0.29, 0.717) is 11.5 Å². The molecule has 19 heavy (non-hydrogen) atoms. The Morgan fingerprint density at radius 3 is 2.53 bits per heavy atom. The third kappa shape index (κ3) is 3.38. The first-order valence-electron chi connectivity index (χ1n) is 5.85. The molecule has 1 aromatic carbocycles. The number of rotatable bonds is 2. The topological polar surface area (TPSA) is 54.9 Å². The molecule has 1 N–H and O–H groups in total. The predicted octanol–water partition coefficient (Wildman–Crippen LogP) is 3.42. The van der Waals surface area contributed by atoms with Crippen LogP contribution >= 0.6 is 15.9 Å². The summed E-state index contributed by atoms with van der Waals surface area (Å²) in [6.45, 7) is 5.60. The van der Waals surface area contributed by atoms with Crippen molar-refractivity contribution in [3.8, 4) is 0 Å². The Hall–Kier alpha value is -1.75. The van der Waals surface area contributed by atoms with Gasteiger partial charge in [0.25, 0.3) is 5.91 Å². The van der Waals surface area contributed by atoms with Gasteiger partial charge in [0.05, 0.1) is 5.69 Å². The van der Waals surface area contributed by atoms with E-state index in [2.05, 4.69) is 31.2 Å². The highest BCUT2D eigenvalue weighted by molar-refractivity contribution is 9.10. The first-order chi connectivity index (χ1) is 8.95. The fourth-order valence-electron chi connectivity index (χ4n) is 1.74. The Labute approximate surface area is 120 Å². The molecule has 0 aliphatic heterocycles. The lowest BCUT2D eigenvalue weighted by atomic mass is 10.2. The molecule has 98 valence electrons. The molecule has 1 aromatic heterocycles. The second-order valence-corrected chi connectivity index (χ2v) is 5.23. The summed E-state index contributed by atoms with van der Waals surface area (Å²) in [4.78, 5) is 20.4. The first-order valence-corrected chi connectivity index (χ1v) is 6.65. The largest absolute Gasteiger partial charge is 0.320 e. The second-order valence-electron chi connectivity index (χ2n) is 4.38. The highest BCUT2D eigenvalue weighted by Gasteiger charge is 2.11. The summed E-state index contributed by atoms with van der Waals surface area (Å²) in [6, 6.07) is 7.42. The van der Waals surface area contributed by atoms with E-state index in [1.54, 1.807) is 13.0 Å². The van der Waals surface area contributed by atoms with E-state index in [-0.39, 0.29) is 5.91 Å². The third-order valence-corrected chi connectivity index (χ3v) is 3.23. The zero-order valence-corrected chi connectivity index (χ0v) is 12.6. The number of nitrogens with one attached hydrogen (secondary N) is 1. The average Bonchev–Trinajstić information content (AvgIpc) is 2.31. The van der Waals surface area contributed by atoms with Gasteiger partial charge >= 0.3 is 0 Å². The number of carbonyl (C=O) groups excluding carboxylic acids is 1. The Balaban J connectivity index is 2.25. The normalized spacial score (nSPS) is 10.3. The highest BCUT2D eigenvalue weighted by atomic mass is 79.9. The fourth-order valence-corrected chi connectivity index (χ4v) is 2.33. The van der Waals surface area contributed by atoms with Crippen molar-refractivity contribution in [1.82, 2.24) is 9.97 Å². The maximum absolute atomic E-state index is 12.1. The number of benzene rings is 1. The summed E-state index contributed by atoms with van der Waals surface area (Å²) in [5, 5.41) is 2.83. The summed E-state index contributed by atoms with van der Waals surface area (Å²) >= 11 is 3.43. The van der Waals surface area contributed by atoms with Crippen LogP contribution in [0.15, 0.2) is 28.7 Å². The van der Waals surface area contributed by atoms with Gasteiger partial charge in [-0.1, -0.05) is 6.07 Å². The van der Waals surface area contributed by atoms with Crippen LogP contribution in [0.4, 0.5) is 5.69 Å². The fraction of sp³-hybridized carbons (Fsp3) is 0.214. The molecule has 0 spiro atoms. The molecule has 0 aliphatic rings.